The van der Waals surface area contributed by atoms with E-state index < -0.39 is 0 Å². The average Bonchev–Trinajstić information content (AvgIpc) is 2.89. The van der Waals surface area contributed by atoms with Crippen LogP contribution in [0.25, 0.3) is 44.1 Å². The molecule has 4 aromatic carbocycles. The number of hydrogen-bond acceptors (Lipinski definition) is 2. The van der Waals surface area contributed by atoms with Gasteiger partial charge in [-0.15, -0.1) is 0 Å². The quantitative estimate of drug-likeness (QED) is 0.202. The standard InChI is InChI=1S/2C15H11N.Ir/c2*1-2-6-12(7-3-1)15-10-13-8-4-5-9-14(13)11-16-15;/h2*1-11H;. The van der Waals surface area contributed by atoms with Gasteiger partial charge in [-0.25, -0.2) is 0 Å². The Morgan fingerprint density at radius 2 is 0.697 bits per heavy atom. The number of hydrogen-bond donors (Lipinski definition) is 0. The molecule has 0 saturated carbocycles. The van der Waals surface area contributed by atoms with Crippen LogP contribution < -0.4 is 0 Å². The van der Waals surface area contributed by atoms with Gasteiger partial charge in [0.15, 0.2) is 0 Å². The second-order valence-electron chi connectivity index (χ2n) is 7.57. The molecule has 161 valence electrons. The minimum Gasteiger partial charge on any atom is -0.256 e. The van der Waals surface area contributed by atoms with E-state index in [0.29, 0.717) is 0 Å². The van der Waals surface area contributed by atoms with E-state index in [1.807, 2.05) is 60.9 Å². The Balaban J connectivity index is 0.000000152. The molecule has 0 spiro atoms. The molecule has 2 aromatic heterocycles. The van der Waals surface area contributed by atoms with Crippen molar-refractivity contribution in [1.29, 1.82) is 0 Å². The summed E-state index contributed by atoms with van der Waals surface area (Å²) in [5, 5.41) is 4.83. The molecule has 0 saturated heterocycles. The smallest absolute Gasteiger partial charge is 0.0708 e. The molecule has 33 heavy (non-hydrogen) atoms. The summed E-state index contributed by atoms with van der Waals surface area (Å²) in [5.41, 5.74) is 4.38. The van der Waals surface area contributed by atoms with Gasteiger partial charge in [0.1, 0.15) is 0 Å². The van der Waals surface area contributed by atoms with Gasteiger partial charge in [0.05, 0.1) is 11.4 Å². The normalized spacial score (nSPS) is 10.2. The monoisotopic (exact) mass is 603 g/mol. The maximum atomic E-state index is 4.48. The van der Waals surface area contributed by atoms with Gasteiger partial charge in [-0.1, -0.05) is 109 Å². The van der Waals surface area contributed by atoms with Crippen LogP contribution >= 0.6 is 0 Å². The number of fused-ring (bicyclic) bond motifs is 2. The zero-order chi connectivity index (χ0) is 21.6. The van der Waals surface area contributed by atoms with Crippen LogP contribution in [0.5, 0.6) is 0 Å². The summed E-state index contributed by atoms with van der Waals surface area (Å²) in [7, 11) is 0. The number of pyridine rings is 2. The van der Waals surface area contributed by atoms with Gasteiger partial charge in [0.25, 0.3) is 0 Å². The first-order valence-electron chi connectivity index (χ1n) is 10.7. The van der Waals surface area contributed by atoms with Crippen molar-refractivity contribution in [2.24, 2.45) is 0 Å². The maximum Gasteiger partial charge on any atom is 0.0708 e. The fourth-order valence-corrected chi connectivity index (χ4v) is 3.70. The van der Waals surface area contributed by atoms with Crippen LogP contribution in [0.4, 0.5) is 0 Å². The molecule has 2 nitrogen and oxygen atoms in total. The Bertz CT molecular complexity index is 1350. The number of rotatable bonds is 2. The molecule has 0 unspecified atom stereocenters. The minimum atomic E-state index is 0. The van der Waals surface area contributed by atoms with Crippen molar-refractivity contribution in [3.8, 4) is 22.5 Å². The third-order valence-electron chi connectivity index (χ3n) is 5.40. The molecule has 3 heteroatoms. The Morgan fingerprint density at radius 1 is 0.364 bits per heavy atom. The first-order valence-corrected chi connectivity index (χ1v) is 10.7. The van der Waals surface area contributed by atoms with Crippen molar-refractivity contribution < 1.29 is 20.1 Å². The second-order valence-corrected chi connectivity index (χ2v) is 7.57. The van der Waals surface area contributed by atoms with Gasteiger partial charge < -0.3 is 0 Å². The Labute approximate surface area is 207 Å². The SMILES string of the molecule is [Ir].c1ccc(-c2cc3ccccc3cn2)cc1.c1ccc(-c2cc3ccccc3cn2)cc1. The number of benzene rings is 4. The molecule has 0 bridgehead atoms. The first kappa shape index (κ1) is 22.5. The van der Waals surface area contributed by atoms with E-state index in [0.717, 1.165) is 22.5 Å². The van der Waals surface area contributed by atoms with Crippen LogP contribution in [-0.2, 0) is 20.1 Å². The molecular formula is C30H22IrN2. The van der Waals surface area contributed by atoms with Gasteiger partial charge >= 0.3 is 0 Å². The minimum absolute atomic E-state index is 0. The van der Waals surface area contributed by atoms with Gasteiger partial charge in [-0.2, -0.15) is 0 Å². The molecular weight excluding hydrogens is 581 g/mol. The number of nitrogens with zero attached hydrogens (tertiary/aromatic N) is 2. The second kappa shape index (κ2) is 10.8. The summed E-state index contributed by atoms with van der Waals surface area (Å²) in [4.78, 5) is 8.95. The van der Waals surface area contributed by atoms with E-state index in [2.05, 4.69) is 82.8 Å². The van der Waals surface area contributed by atoms with E-state index in [-0.39, 0.29) is 20.1 Å². The summed E-state index contributed by atoms with van der Waals surface area (Å²) in [6.07, 6.45) is 3.86. The van der Waals surface area contributed by atoms with Crippen LogP contribution in [0.2, 0.25) is 0 Å². The predicted octanol–water partition coefficient (Wildman–Crippen LogP) is 7.80. The molecule has 2 heterocycles. The van der Waals surface area contributed by atoms with E-state index >= 15 is 0 Å². The van der Waals surface area contributed by atoms with Gasteiger partial charge in [-0.3, -0.25) is 9.97 Å². The summed E-state index contributed by atoms with van der Waals surface area (Å²) in [6.45, 7) is 0. The van der Waals surface area contributed by atoms with Gasteiger partial charge in [0, 0.05) is 54.4 Å². The predicted molar refractivity (Wildman–Crippen MR) is 134 cm³/mol. The summed E-state index contributed by atoms with van der Waals surface area (Å²) >= 11 is 0. The zero-order valence-corrected chi connectivity index (χ0v) is 20.3. The van der Waals surface area contributed by atoms with Crippen LogP contribution in [0.1, 0.15) is 0 Å². The molecule has 1 radical (unpaired) electrons. The third kappa shape index (κ3) is 5.40. The van der Waals surface area contributed by atoms with Crippen LogP contribution in [0, 0.1) is 0 Å². The summed E-state index contributed by atoms with van der Waals surface area (Å²) in [5.74, 6) is 0. The van der Waals surface area contributed by atoms with E-state index in [4.69, 9.17) is 0 Å². The first-order chi connectivity index (χ1) is 15.9. The van der Waals surface area contributed by atoms with Crippen molar-refractivity contribution in [2.75, 3.05) is 0 Å². The maximum absolute atomic E-state index is 4.48. The molecule has 6 aromatic rings. The fourth-order valence-electron chi connectivity index (χ4n) is 3.70. The Morgan fingerprint density at radius 3 is 1.09 bits per heavy atom. The third-order valence-corrected chi connectivity index (χ3v) is 5.40. The summed E-state index contributed by atoms with van der Waals surface area (Å²) < 4.78 is 0. The number of aromatic nitrogens is 2. The van der Waals surface area contributed by atoms with Crippen molar-refractivity contribution in [1.82, 2.24) is 9.97 Å². The Hall–Kier alpha value is -3.65. The summed E-state index contributed by atoms with van der Waals surface area (Å²) in [6, 6.07) is 41.3. The van der Waals surface area contributed by atoms with Crippen molar-refractivity contribution in [3.05, 3.63) is 134 Å². The van der Waals surface area contributed by atoms with E-state index in [9.17, 15) is 0 Å². The molecule has 0 aliphatic rings. The largest absolute Gasteiger partial charge is 0.256 e. The van der Waals surface area contributed by atoms with Crippen molar-refractivity contribution in [3.63, 3.8) is 0 Å². The molecule has 0 N–H and O–H groups in total. The fraction of sp³-hybridized carbons (Fsp3) is 0. The molecule has 0 aliphatic carbocycles. The van der Waals surface area contributed by atoms with Gasteiger partial charge in [-0.05, 0) is 22.9 Å². The van der Waals surface area contributed by atoms with Crippen LogP contribution in [0.15, 0.2) is 134 Å². The van der Waals surface area contributed by atoms with Crippen LogP contribution in [-0.4, -0.2) is 9.97 Å². The topological polar surface area (TPSA) is 25.8 Å². The molecule has 0 atom stereocenters. The molecule has 0 amide bonds. The van der Waals surface area contributed by atoms with Crippen molar-refractivity contribution >= 4 is 21.5 Å². The molecule has 6 rings (SSSR count). The Kier molecular flexibility index (Phi) is 7.36. The van der Waals surface area contributed by atoms with E-state index in [1.165, 1.54) is 21.5 Å². The van der Waals surface area contributed by atoms with Crippen molar-refractivity contribution in [2.45, 2.75) is 0 Å². The molecule has 0 fully saturated rings. The van der Waals surface area contributed by atoms with E-state index in [1.54, 1.807) is 0 Å². The molecule has 0 aliphatic heterocycles. The van der Waals surface area contributed by atoms with Crippen LogP contribution in [0.3, 0.4) is 0 Å². The average molecular weight is 603 g/mol. The van der Waals surface area contributed by atoms with Gasteiger partial charge in [0.2, 0.25) is 0 Å². The zero-order valence-electron chi connectivity index (χ0n) is 17.9.